The summed E-state index contributed by atoms with van der Waals surface area (Å²) in [4.78, 5) is 0. The molecule has 0 saturated heterocycles. The van der Waals surface area contributed by atoms with Crippen LogP contribution in [0.15, 0.2) is 12.7 Å². The molecule has 0 radical (unpaired) electrons. The molecule has 0 aliphatic heterocycles. The van der Waals surface area contributed by atoms with Crippen LogP contribution in [0.1, 0.15) is 26.7 Å². The molecule has 0 fully saturated rings. The molecule has 0 amide bonds. The second kappa shape index (κ2) is 3.29. The van der Waals surface area contributed by atoms with Crippen LogP contribution in [0, 0.1) is 16.7 Å². The van der Waals surface area contributed by atoms with Crippen LogP contribution < -0.4 is 0 Å². The maximum atomic E-state index is 8.54. The second-order valence-electron chi connectivity index (χ2n) is 2.82. The van der Waals surface area contributed by atoms with Gasteiger partial charge in [-0.15, -0.1) is 6.58 Å². The molecule has 0 bridgehead atoms. The molecule has 50 valence electrons. The fourth-order valence-corrected chi connectivity index (χ4v) is 0.519. The lowest BCUT2D eigenvalue weighted by atomic mass is 9.90. The highest BCUT2D eigenvalue weighted by molar-refractivity contribution is 4.92. The Balaban J connectivity index is 3.61. The molecule has 9 heavy (non-hydrogen) atoms. The average molecular weight is 123 g/mol. The average Bonchev–Trinajstić information content (AvgIpc) is 1.84. The van der Waals surface area contributed by atoms with Gasteiger partial charge in [0, 0.05) is 0 Å². The first kappa shape index (κ1) is 8.23. The number of hydrogen-bond acceptors (Lipinski definition) is 1. The zero-order valence-corrected chi connectivity index (χ0v) is 6.15. The number of hydrogen-bond donors (Lipinski definition) is 0. The fraction of sp³-hybridized carbons (Fsp3) is 0.625. The van der Waals surface area contributed by atoms with Gasteiger partial charge >= 0.3 is 0 Å². The van der Waals surface area contributed by atoms with Crippen molar-refractivity contribution in [3.8, 4) is 6.07 Å². The lowest BCUT2D eigenvalue weighted by Gasteiger charge is -2.11. The maximum Gasteiger partial charge on any atom is 0.0684 e. The van der Waals surface area contributed by atoms with E-state index in [0.29, 0.717) is 0 Å². The van der Waals surface area contributed by atoms with Gasteiger partial charge in [-0.3, -0.25) is 0 Å². The predicted octanol–water partition coefficient (Wildman–Crippen LogP) is 2.50. The van der Waals surface area contributed by atoms with Crippen LogP contribution in [-0.2, 0) is 0 Å². The summed E-state index contributed by atoms with van der Waals surface area (Å²) in [6.45, 7) is 7.47. The lowest BCUT2D eigenvalue weighted by molar-refractivity contribution is 0.457. The van der Waals surface area contributed by atoms with E-state index in [1.807, 2.05) is 19.9 Å². The van der Waals surface area contributed by atoms with Gasteiger partial charge in [0.25, 0.3) is 0 Å². The molecule has 0 N–H and O–H groups in total. The van der Waals surface area contributed by atoms with Crippen molar-refractivity contribution in [2.75, 3.05) is 0 Å². The summed E-state index contributed by atoms with van der Waals surface area (Å²) >= 11 is 0. The molecule has 0 aromatic rings. The van der Waals surface area contributed by atoms with Crippen molar-refractivity contribution in [2.45, 2.75) is 26.7 Å². The highest BCUT2D eigenvalue weighted by Crippen LogP contribution is 2.20. The minimum absolute atomic E-state index is 0.172. The predicted molar refractivity (Wildman–Crippen MR) is 38.8 cm³/mol. The van der Waals surface area contributed by atoms with Gasteiger partial charge in [0.2, 0.25) is 0 Å². The Labute approximate surface area is 57.0 Å². The highest BCUT2D eigenvalue weighted by atomic mass is 14.3. The third kappa shape index (κ3) is 3.78. The van der Waals surface area contributed by atoms with Crippen LogP contribution in [0.25, 0.3) is 0 Å². The van der Waals surface area contributed by atoms with E-state index < -0.39 is 0 Å². The number of nitriles is 1. The molecule has 0 aliphatic carbocycles. The van der Waals surface area contributed by atoms with Crippen molar-refractivity contribution in [3.63, 3.8) is 0 Å². The monoisotopic (exact) mass is 123 g/mol. The van der Waals surface area contributed by atoms with Gasteiger partial charge in [0.15, 0.2) is 0 Å². The van der Waals surface area contributed by atoms with E-state index in [0.717, 1.165) is 12.8 Å². The van der Waals surface area contributed by atoms with E-state index in [2.05, 4.69) is 12.6 Å². The number of nitrogens with zero attached hydrogens (tertiary/aromatic N) is 1. The molecule has 0 aliphatic rings. The Morgan fingerprint density at radius 1 is 1.67 bits per heavy atom. The molecular weight excluding hydrogens is 110 g/mol. The standard InChI is InChI=1S/C8H13N/c1-4-5-6-8(2,3)7-9/h4H,1,5-6H2,2-3H3. The summed E-state index contributed by atoms with van der Waals surface area (Å²) in [5.74, 6) is 0. The van der Waals surface area contributed by atoms with Crippen LogP contribution in [0.5, 0.6) is 0 Å². The van der Waals surface area contributed by atoms with Crippen LogP contribution in [0.2, 0.25) is 0 Å². The van der Waals surface area contributed by atoms with E-state index in [1.54, 1.807) is 0 Å². The third-order valence-electron chi connectivity index (χ3n) is 1.28. The summed E-state index contributed by atoms with van der Waals surface area (Å²) < 4.78 is 0. The smallest absolute Gasteiger partial charge is 0.0684 e. The molecular formula is C8H13N. The summed E-state index contributed by atoms with van der Waals surface area (Å²) in [6.07, 6.45) is 3.69. The Bertz CT molecular complexity index is 128. The molecule has 0 aromatic carbocycles. The Morgan fingerprint density at radius 2 is 2.22 bits per heavy atom. The number of rotatable bonds is 3. The van der Waals surface area contributed by atoms with Gasteiger partial charge in [-0.25, -0.2) is 0 Å². The van der Waals surface area contributed by atoms with Gasteiger partial charge < -0.3 is 0 Å². The van der Waals surface area contributed by atoms with Crippen molar-refractivity contribution in [3.05, 3.63) is 12.7 Å². The molecule has 0 atom stereocenters. The van der Waals surface area contributed by atoms with Crippen molar-refractivity contribution < 1.29 is 0 Å². The van der Waals surface area contributed by atoms with Gasteiger partial charge in [0.1, 0.15) is 0 Å². The fourth-order valence-electron chi connectivity index (χ4n) is 0.519. The SMILES string of the molecule is C=CCCC(C)(C)C#N. The molecule has 0 saturated carbocycles. The van der Waals surface area contributed by atoms with Crippen LogP contribution in [0.4, 0.5) is 0 Å². The van der Waals surface area contributed by atoms with E-state index in [1.165, 1.54) is 0 Å². The zero-order valence-electron chi connectivity index (χ0n) is 6.15. The second-order valence-corrected chi connectivity index (χ2v) is 2.82. The van der Waals surface area contributed by atoms with Gasteiger partial charge in [-0.2, -0.15) is 5.26 Å². The van der Waals surface area contributed by atoms with Crippen molar-refractivity contribution >= 4 is 0 Å². The molecule has 1 heteroatoms. The summed E-state index contributed by atoms with van der Waals surface area (Å²) in [5, 5.41) is 8.54. The third-order valence-corrected chi connectivity index (χ3v) is 1.28. The van der Waals surface area contributed by atoms with Crippen molar-refractivity contribution in [2.24, 2.45) is 5.41 Å². The van der Waals surface area contributed by atoms with Gasteiger partial charge in [-0.05, 0) is 26.7 Å². The first-order valence-corrected chi connectivity index (χ1v) is 3.14. The molecule has 0 unspecified atom stereocenters. The molecule has 0 aromatic heterocycles. The summed E-state index contributed by atoms with van der Waals surface area (Å²) in [7, 11) is 0. The van der Waals surface area contributed by atoms with Crippen molar-refractivity contribution in [1.29, 1.82) is 5.26 Å². The minimum atomic E-state index is -0.172. The summed E-state index contributed by atoms with van der Waals surface area (Å²) in [6, 6.07) is 2.23. The Hall–Kier alpha value is -0.770. The topological polar surface area (TPSA) is 23.8 Å². The van der Waals surface area contributed by atoms with E-state index >= 15 is 0 Å². The Morgan fingerprint density at radius 3 is 2.56 bits per heavy atom. The Kier molecular flexibility index (Phi) is 3.01. The molecule has 0 rings (SSSR count). The van der Waals surface area contributed by atoms with Gasteiger partial charge in [0.05, 0.1) is 11.5 Å². The van der Waals surface area contributed by atoms with Crippen molar-refractivity contribution in [1.82, 2.24) is 0 Å². The summed E-state index contributed by atoms with van der Waals surface area (Å²) in [5.41, 5.74) is -0.172. The van der Waals surface area contributed by atoms with Crippen LogP contribution >= 0.6 is 0 Å². The largest absolute Gasteiger partial charge is 0.198 e. The van der Waals surface area contributed by atoms with Crippen LogP contribution in [-0.4, -0.2) is 0 Å². The zero-order chi connectivity index (χ0) is 7.33. The normalized spacial score (nSPS) is 10.3. The molecule has 0 heterocycles. The first-order chi connectivity index (χ1) is 4.12. The highest BCUT2D eigenvalue weighted by Gasteiger charge is 2.13. The first-order valence-electron chi connectivity index (χ1n) is 3.14. The van der Waals surface area contributed by atoms with E-state index in [-0.39, 0.29) is 5.41 Å². The van der Waals surface area contributed by atoms with Crippen LogP contribution in [0.3, 0.4) is 0 Å². The maximum absolute atomic E-state index is 8.54. The number of allylic oxidation sites excluding steroid dienone is 1. The minimum Gasteiger partial charge on any atom is -0.198 e. The van der Waals surface area contributed by atoms with Gasteiger partial charge in [-0.1, -0.05) is 6.08 Å². The molecule has 0 spiro atoms. The van der Waals surface area contributed by atoms with E-state index in [4.69, 9.17) is 5.26 Å². The molecule has 1 nitrogen and oxygen atoms in total. The lowest BCUT2D eigenvalue weighted by Crippen LogP contribution is -2.06. The van der Waals surface area contributed by atoms with E-state index in [9.17, 15) is 0 Å². The quantitative estimate of drug-likeness (QED) is 0.529.